The molecule has 1 unspecified atom stereocenters. The number of aliphatic imine (C=N–C) groups is 2. The Kier molecular flexibility index (Phi) is 9.65. The van der Waals surface area contributed by atoms with E-state index in [1.54, 1.807) is 0 Å². The highest BCUT2D eigenvalue weighted by Gasteiger charge is 2.06. The van der Waals surface area contributed by atoms with Crippen LogP contribution >= 0.6 is 7.92 Å². The fraction of sp³-hybridized carbons (Fsp3) is 0.346. The predicted molar refractivity (Wildman–Crippen MR) is 149 cm³/mol. The number of hydrogen-bond donors (Lipinski definition) is 4. The number of aryl methyl sites for hydroxylation is 1. The van der Waals surface area contributed by atoms with Gasteiger partial charge in [-0.3, -0.25) is 5.10 Å². The Morgan fingerprint density at radius 1 is 1.26 bits per heavy atom. The minimum atomic E-state index is -0.137. The quantitative estimate of drug-likeness (QED) is 0.183. The van der Waals surface area contributed by atoms with Gasteiger partial charge in [0.25, 0.3) is 0 Å². The summed E-state index contributed by atoms with van der Waals surface area (Å²) in [6.07, 6.45) is 14.5. The minimum absolute atomic E-state index is 0.137. The van der Waals surface area contributed by atoms with E-state index in [4.69, 9.17) is 5.73 Å². The number of hydrogen-bond acceptors (Lipinski definition) is 2. The third-order valence-corrected chi connectivity index (χ3v) is 6.60. The second kappa shape index (κ2) is 12.9. The van der Waals surface area contributed by atoms with E-state index in [0.29, 0.717) is 24.2 Å². The summed E-state index contributed by atoms with van der Waals surface area (Å²) >= 11 is 0. The van der Waals surface area contributed by atoms with Crippen LogP contribution < -0.4 is 21.7 Å². The summed E-state index contributed by atoms with van der Waals surface area (Å²) in [5, 5.41) is 14.7. The van der Waals surface area contributed by atoms with E-state index in [-0.39, 0.29) is 13.9 Å². The highest BCUT2D eigenvalue weighted by atomic mass is 31.1. The molecule has 34 heavy (non-hydrogen) atoms. The van der Waals surface area contributed by atoms with Crippen LogP contribution in [0.4, 0.5) is 11.5 Å². The van der Waals surface area contributed by atoms with Crippen molar-refractivity contribution in [3.63, 3.8) is 0 Å². The normalized spacial score (nSPS) is 16.9. The number of nitrogens with two attached hydrogens (primary N) is 1. The number of anilines is 2. The maximum atomic E-state index is 6.13. The molecule has 1 aliphatic carbocycles. The summed E-state index contributed by atoms with van der Waals surface area (Å²) in [5.74, 6) is 1.69. The van der Waals surface area contributed by atoms with Crippen molar-refractivity contribution in [3.05, 3.63) is 72.0 Å². The van der Waals surface area contributed by atoms with E-state index >= 15 is 0 Å². The molecule has 2 aromatic rings. The first-order valence-corrected chi connectivity index (χ1v) is 13.9. The molecule has 0 saturated heterocycles. The Hall–Kier alpha value is -3.18. The molecule has 1 aromatic carbocycles. The van der Waals surface area contributed by atoms with Crippen LogP contribution in [0.15, 0.2) is 76.3 Å². The smallest absolute Gasteiger partial charge is 0.226 e. The summed E-state index contributed by atoms with van der Waals surface area (Å²) in [6.45, 7) is 9.13. The lowest BCUT2D eigenvalue weighted by Crippen LogP contribution is -2.26. The van der Waals surface area contributed by atoms with Gasteiger partial charge < -0.3 is 16.4 Å². The van der Waals surface area contributed by atoms with Gasteiger partial charge in [0.15, 0.2) is 5.82 Å². The molecular formula is C26H36N7P. The summed E-state index contributed by atoms with van der Waals surface area (Å²) in [4.78, 5) is 9.12. The Morgan fingerprint density at radius 3 is 2.74 bits per heavy atom. The number of nitrogens with zero attached hydrogens (tertiary/aromatic N) is 3. The summed E-state index contributed by atoms with van der Waals surface area (Å²) in [5.41, 5.74) is 9.40. The van der Waals surface area contributed by atoms with Gasteiger partial charge in [0.05, 0.1) is 6.54 Å². The van der Waals surface area contributed by atoms with Crippen molar-refractivity contribution in [3.8, 4) is 0 Å². The molecule has 1 aliphatic rings. The Labute approximate surface area is 204 Å². The van der Waals surface area contributed by atoms with Gasteiger partial charge in [0.1, 0.15) is 0 Å². The second-order valence-corrected chi connectivity index (χ2v) is 10.8. The molecule has 7 nitrogen and oxygen atoms in total. The van der Waals surface area contributed by atoms with Crippen molar-refractivity contribution in [1.29, 1.82) is 0 Å². The highest BCUT2D eigenvalue weighted by molar-refractivity contribution is 7.64. The topological polar surface area (TPSA) is 103 Å². The molecule has 1 aromatic heterocycles. The lowest BCUT2D eigenvalue weighted by Gasteiger charge is -2.12. The SMILES string of the molecule is CCCC1=CC(C=CCN=C(N=C(N)Nc2cc(C)[nH]n2)Nc2ccc(P(C)C)cc2)CC=C1. The molecule has 5 N–H and O–H groups in total. The van der Waals surface area contributed by atoms with Gasteiger partial charge in [-0.2, -0.15) is 10.1 Å². The third kappa shape index (κ3) is 8.31. The van der Waals surface area contributed by atoms with E-state index < -0.39 is 0 Å². The van der Waals surface area contributed by atoms with Crippen molar-refractivity contribution in [1.82, 2.24) is 10.2 Å². The Bertz CT molecular complexity index is 1070. The molecule has 0 fully saturated rings. The van der Waals surface area contributed by atoms with E-state index in [9.17, 15) is 0 Å². The van der Waals surface area contributed by atoms with Gasteiger partial charge >= 0.3 is 0 Å². The Balaban J connectivity index is 1.71. The first kappa shape index (κ1) is 25.4. The van der Waals surface area contributed by atoms with Crippen molar-refractivity contribution < 1.29 is 0 Å². The van der Waals surface area contributed by atoms with Gasteiger partial charge in [0.2, 0.25) is 11.9 Å². The first-order chi connectivity index (χ1) is 16.4. The van der Waals surface area contributed by atoms with E-state index in [1.165, 1.54) is 10.9 Å². The van der Waals surface area contributed by atoms with Gasteiger partial charge in [-0.05, 0) is 56.5 Å². The number of benzene rings is 1. The number of nitrogens with one attached hydrogen (secondary N) is 3. The van der Waals surface area contributed by atoms with Gasteiger partial charge in [0, 0.05) is 17.4 Å². The average molecular weight is 478 g/mol. The fourth-order valence-electron chi connectivity index (χ4n) is 3.57. The minimum Gasteiger partial charge on any atom is -0.369 e. The lowest BCUT2D eigenvalue weighted by atomic mass is 9.94. The van der Waals surface area contributed by atoms with Gasteiger partial charge in [-0.25, -0.2) is 4.99 Å². The van der Waals surface area contributed by atoms with Crippen LogP contribution in [-0.4, -0.2) is 42.0 Å². The van der Waals surface area contributed by atoms with Crippen LogP contribution in [0.3, 0.4) is 0 Å². The van der Waals surface area contributed by atoms with Crippen LogP contribution in [-0.2, 0) is 0 Å². The summed E-state index contributed by atoms with van der Waals surface area (Å²) < 4.78 is 0. The van der Waals surface area contributed by atoms with E-state index in [0.717, 1.165) is 30.6 Å². The second-order valence-electron chi connectivity index (χ2n) is 8.51. The monoisotopic (exact) mass is 477 g/mol. The largest absolute Gasteiger partial charge is 0.369 e. The number of rotatable bonds is 8. The van der Waals surface area contributed by atoms with E-state index in [2.05, 4.69) is 93.6 Å². The zero-order valence-corrected chi connectivity index (χ0v) is 21.4. The molecule has 0 radical (unpaired) electrons. The number of guanidine groups is 2. The Morgan fingerprint density at radius 2 is 2.06 bits per heavy atom. The maximum Gasteiger partial charge on any atom is 0.226 e. The average Bonchev–Trinajstić information content (AvgIpc) is 3.21. The molecule has 1 heterocycles. The lowest BCUT2D eigenvalue weighted by molar-refractivity contribution is 0.787. The molecular weight excluding hydrogens is 441 g/mol. The molecule has 0 spiro atoms. The van der Waals surface area contributed by atoms with Gasteiger partial charge in [-0.1, -0.05) is 69.4 Å². The van der Waals surface area contributed by atoms with Crippen LogP contribution in [0, 0.1) is 12.8 Å². The molecule has 8 heteroatoms. The number of aromatic amines is 1. The zero-order chi connectivity index (χ0) is 24.3. The molecule has 3 rings (SSSR count). The first-order valence-electron chi connectivity index (χ1n) is 11.7. The molecule has 0 amide bonds. The van der Waals surface area contributed by atoms with Gasteiger partial charge in [-0.15, -0.1) is 0 Å². The summed E-state index contributed by atoms with van der Waals surface area (Å²) in [7, 11) is -0.137. The molecule has 0 bridgehead atoms. The van der Waals surface area contributed by atoms with Crippen molar-refractivity contribution in [2.24, 2.45) is 21.6 Å². The van der Waals surface area contributed by atoms with Crippen LogP contribution in [0.5, 0.6) is 0 Å². The van der Waals surface area contributed by atoms with Crippen LogP contribution in [0.2, 0.25) is 0 Å². The van der Waals surface area contributed by atoms with Crippen molar-refractivity contribution in [2.75, 3.05) is 30.5 Å². The van der Waals surface area contributed by atoms with Crippen molar-refractivity contribution >= 4 is 36.7 Å². The number of H-pyrrole nitrogens is 1. The zero-order valence-electron chi connectivity index (χ0n) is 20.5. The predicted octanol–water partition coefficient (Wildman–Crippen LogP) is 5.14. The molecule has 0 saturated carbocycles. The molecule has 0 aliphatic heterocycles. The molecule has 1 atom stereocenters. The fourth-order valence-corrected chi connectivity index (χ4v) is 4.31. The number of allylic oxidation sites excluding steroid dienone is 5. The van der Waals surface area contributed by atoms with Crippen molar-refractivity contribution in [2.45, 2.75) is 33.1 Å². The molecule has 180 valence electrons. The standard InChI is InChI=1S/C26H36N7P/c1-5-8-20-9-6-10-21(18-20)11-7-16-28-26(29-22-12-14-23(15-13-22)34(3)4)31-25(27)30-24-17-19(2)32-33-24/h6-7,9,11-15,17-18,21H,5,8,10,16H2,1-4H3,(H5,27,28,29,30,31,32,33). The highest BCUT2D eigenvalue weighted by Crippen LogP contribution is 2.24. The van der Waals surface area contributed by atoms with Crippen LogP contribution in [0.1, 0.15) is 31.9 Å². The summed E-state index contributed by atoms with van der Waals surface area (Å²) in [6, 6.07) is 10.2. The third-order valence-electron chi connectivity index (χ3n) is 5.27. The maximum absolute atomic E-state index is 6.13. The van der Waals surface area contributed by atoms with E-state index in [1.807, 2.05) is 25.1 Å². The van der Waals surface area contributed by atoms with Crippen LogP contribution in [0.25, 0.3) is 0 Å². The number of aromatic nitrogens is 2.